The lowest BCUT2D eigenvalue weighted by atomic mass is 10.2. The van der Waals surface area contributed by atoms with Gasteiger partial charge in [-0.15, -0.1) is 0 Å². The number of halogens is 4. The lowest BCUT2D eigenvalue weighted by Gasteiger charge is -2.07. The summed E-state index contributed by atoms with van der Waals surface area (Å²) in [6, 6.07) is 4.37. The van der Waals surface area contributed by atoms with Gasteiger partial charge in [-0.1, -0.05) is 39.1 Å². The van der Waals surface area contributed by atoms with Crippen LogP contribution in [-0.4, -0.2) is 9.55 Å². The molecule has 2 aromatic rings. The maximum absolute atomic E-state index is 13.2. The lowest BCUT2D eigenvalue weighted by molar-refractivity contribution is 0.621. The predicted molar refractivity (Wildman–Crippen MR) is 71.7 cm³/mol. The third kappa shape index (κ3) is 2.91. The molecule has 0 saturated carbocycles. The Morgan fingerprint density at radius 1 is 1.33 bits per heavy atom. The van der Waals surface area contributed by atoms with Crippen LogP contribution in [0.15, 0.2) is 33.8 Å². The van der Waals surface area contributed by atoms with E-state index < -0.39 is 5.56 Å². The highest BCUT2D eigenvalue weighted by Crippen LogP contribution is 2.16. The molecular formula is C11H6BrCl2FN2O. The molecule has 1 aromatic heterocycles. The van der Waals surface area contributed by atoms with E-state index in [-0.39, 0.29) is 22.5 Å². The molecule has 1 heterocycles. The standard InChI is InChI=1S/C11H6BrCl2FN2O/c12-7-1-6(2-8(15)3-7)4-17-5-16-10(14)9(13)11(17)18/h1-3,5H,4H2. The SMILES string of the molecule is O=c1c(Cl)c(Cl)ncn1Cc1cc(F)cc(Br)c1. The summed E-state index contributed by atoms with van der Waals surface area (Å²) >= 11 is 14.5. The monoisotopic (exact) mass is 350 g/mol. The Labute approximate surface area is 120 Å². The summed E-state index contributed by atoms with van der Waals surface area (Å²) in [5.74, 6) is -0.388. The van der Waals surface area contributed by atoms with Gasteiger partial charge in [0.2, 0.25) is 0 Å². The van der Waals surface area contributed by atoms with Gasteiger partial charge in [0.25, 0.3) is 5.56 Å². The molecule has 18 heavy (non-hydrogen) atoms. The molecule has 0 bridgehead atoms. The van der Waals surface area contributed by atoms with Crippen molar-refractivity contribution in [3.63, 3.8) is 0 Å². The molecule has 0 aliphatic rings. The van der Waals surface area contributed by atoms with Crippen molar-refractivity contribution < 1.29 is 4.39 Å². The third-order valence-electron chi connectivity index (χ3n) is 2.22. The fourth-order valence-corrected chi connectivity index (χ4v) is 2.25. The molecule has 7 heteroatoms. The van der Waals surface area contributed by atoms with E-state index in [2.05, 4.69) is 20.9 Å². The second kappa shape index (κ2) is 5.38. The highest BCUT2D eigenvalue weighted by atomic mass is 79.9. The number of hydrogen-bond acceptors (Lipinski definition) is 2. The lowest BCUT2D eigenvalue weighted by Crippen LogP contribution is -2.21. The minimum absolute atomic E-state index is 0.0432. The quantitative estimate of drug-likeness (QED) is 0.776. The average molecular weight is 352 g/mol. The van der Waals surface area contributed by atoms with Crippen molar-refractivity contribution in [2.24, 2.45) is 0 Å². The van der Waals surface area contributed by atoms with Crippen LogP contribution in [0, 0.1) is 5.82 Å². The first-order valence-corrected chi connectivity index (χ1v) is 6.37. The number of aromatic nitrogens is 2. The fraction of sp³-hybridized carbons (Fsp3) is 0.0909. The topological polar surface area (TPSA) is 34.9 Å². The smallest absolute Gasteiger partial charge is 0.273 e. The maximum Gasteiger partial charge on any atom is 0.273 e. The van der Waals surface area contributed by atoms with Crippen LogP contribution < -0.4 is 5.56 Å². The summed E-state index contributed by atoms with van der Waals surface area (Å²) in [7, 11) is 0. The summed E-state index contributed by atoms with van der Waals surface area (Å²) < 4.78 is 15.0. The van der Waals surface area contributed by atoms with Crippen LogP contribution in [-0.2, 0) is 6.54 Å². The van der Waals surface area contributed by atoms with Gasteiger partial charge in [0, 0.05) is 4.47 Å². The Hall–Kier alpha value is -0.910. The van der Waals surface area contributed by atoms with Crippen LogP contribution in [0.4, 0.5) is 4.39 Å². The van der Waals surface area contributed by atoms with Gasteiger partial charge >= 0.3 is 0 Å². The number of benzene rings is 1. The van der Waals surface area contributed by atoms with Crippen LogP contribution in [0.5, 0.6) is 0 Å². The van der Waals surface area contributed by atoms with Crippen molar-refractivity contribution in [1.82, 2.24) is 9.55 Å². The van der Waals surface area contributed by atoms with E-state index in [1.165, 1.54) is 23.0 Å². The summed E-state index contributed by atoms with van der Waals surface area (Å²) in [5, 5.41) is -0.187. The molecule has 0 aliphatic carbocycles. The molecule has 94 valence electrons. The summed E-state index contributed by atoms with van der Waals surface area (Å²) in [5.41, 5.74) is 0.154. The second-order valence-electron chi connectivity index (χ2n) is 3.56. The zero-order chi connectivity index (χ0) is 13.3. The Bertz CT molecular complexity index is 640. The van der Waals surface area contributed by atoms with E-state index in [0.29, 0.717) is 10.0 Å². The Morgan fingerprint density at radius 2 is 2.06 bits per heavy atom. The van der Waals surface area contributed by atoms with Gasteiger partial charge in [-0.3, -0.25) is 9.36 Å². The molecule has 1 aromatic carbocycles. The Morgan fingerprint density at radius 3 is 2.72 bits per heavy atom. The van der Waals surface area contributed by atoms with Crippen LogP contribution >= 0.6 is 39.1 Å². The minimum atomic E-state index is -0.461. The van der Waals surface area contributed by atoms with Crippen LogP contribution in [0.25, 0.3) is 0 Å². The van der Waals surface area contributed by atoms with E-state index in [1.807, 2.05) is 0 Å². The molecular weight excluding hydrogens is 346 g/mol. The van der Waals surface area contributed by atoms with Crippen molar-refractivity contribution in [2.45, 2.75) is 6.54 Å². The summed E-state index contributed by atoms with van der Waals surface area (Å²) in [6.07, 6.45) is 1.27. The van der Waals surface area contributed by atoms with Crippen molar-refractivity contribution in [1.29, 1.82) is 0 Å². The number of nitrogens with zero attached hydrogens (tertiary/aromatic N) is 2. The van der Waals surface area contributed by atoms with Crippen molar-refractivity contribution in [2.75, 3.05) is 0 Å². The molecule has 0 amide bonds. The predicted octanol–water partition coefficient (Wildman–Crippen LogP) is 3.50. The zero-order valence-corrected chi connectivity index (χ0v) is 11.9. The number of rotatable bonds is 2. The summed E-state index contributed by atoms with van der Waals surface area (Å²) in [4.78, 5) is 15.5. The Balaban J connectivity index is 2.40. The van der Waals surface area contributed by atoms with Crippen molar-refractivity contribution >= 4 is 39.1 Å². The van der Waals surface area contributed by atoms with E-state index in [0.717, 1.165) is 0 Å². The van der Waals surface area contributed by atoms with Crippen LogP contribution in [0.2, 0.25) is 10.2 Å². The molecule has 0 unspecified atom stereocenters. The molecule has 0 N–H and O–H groups in total. The largest absolute Gasteiger partial charge is 0.293 e. The van der Waals surface area contributed by atoms with Crippen LogP contribution in [0.1, 0.15) is 5.56 Å². The molecule has 3 nitrogen and oxygen atoms in total. The maximum atomic E-state index is 13.2. The normalized spacial score (nSPS) is 10.7. The third-order valence-corrected chi connectivity index (χ3v) is 3.40. The molecule has 0 atom stereocenters. The Kier molecular flexibility index (Phi) is 4.04. The first-order valence-electron chi connectivity index (χ1n) is 4.83. The van der Waals surface area contributed by atoms with E-state index in [9.17, 15) is 9.18 Å². The second-order valence-corrected chi connectivity index (χ2v) is 5.21. The van der Waals surface area contributed by atoms with Crippen LogP contribution in [0.3, 0.4) is 0 Å². The van der Waals surface area contributed by atoms with Gasteiger partial charge < -0.3 is 0 Å². The van der Waals surface area contributed by atoms with E-state index in [4.69, 9.17) is 23.2 Å². The van der Waals surface area contributed by atoms with Gasteiger partial charge in [-0.05, 0) is 23.8 Å². The summed E-state index contributed by atoms with van der Waals surface area (Å²) in [6.45, 7) is 0.166. The van der Waals surface area contributed by atoms with Gasteiger partial charge in [-0.2, -0.15) is 0 Å². The van der Waals surface area contributed by atoms with Gasteiger partial charge in [0.05, 0.1) is 12.9 Å². The minimum Gasteiger partial charge on any atom is -0.293 e. The molecule has 0 saturated heterocycles. The van der Waals surface area contributed by atoms with Crippen molar-refractivity contribution in [3.8, 4) is 0 Å². The van der Waals surface area contributed by atoms with Gasteiger partial charge in [-0.25, -0.2) is 9.37 Å². The first-order chi connectivity index (χ1) is 8.47. The molecule has 2 rings (SSSR count). The highest BCUT2D eigenvalue weighted by molar-refractivity contribution is 9.10. The average Bonchev–Trinajstić information content (AvgIpc) is 2.29. The molecule has 0 spiro atoms. The molecule has 0 aliphatic heterocycles. The fourth-order valence-electron chi connectivity index (χ4n) is 1.46. The van der Waals surface area contributed by atoms with E-state index >= 15 is 0 Å². The molecule has 0 radical (unpaired) electrons. The van der Waals surface area contributed by atoms with Gasteiger partial charge in [0.15, 0.2) is 5.15 Å². The van der Waals surface area contributed by atoms with E-state index in [1.54, 1.807) is 6.07 Å². The number of hydrogen-bond donors (Lipinski definition) is 0. The zero-order valence-electron chi connectivity index (χ0n) is 8.83. The van der Waals surface area contributed by atoms with Gasteiger partial charge in [0.1, 0.15) is 10.8 Å². The molecule has 0 fully saturated rings. The van der Waals surface area contributed by atoms with Crippen molar-refractivity contribution in [3.05, 3.63) is 60.9 Å². The highest BCUT2D eigenvalue weighted by Gasteiger charge is 2.08. The first kappa shape index (κ1) is 13.5.